The molecule has 0 radical (unpaired) electrons. The third-order valence-electron chi connectivity index (χ3n) is 3.13. The molecule has 20 heavy (non-hydrogen) atoms. The maximum atomic E-state index is 11.2. The van der Waals surface area contributed by atoms with Crippen molar-refractivity contribution < 1.29 is 19.1 Å². The van der Waals surface area contributed by atoms with Gasteiger partial charge in [-0.1, -0.05) is 30.3 Å². The van der Waals surface area contributed by atoms with Gasteiger partial charge in [-0.3, -0.25) is 4.79 Å². The van der Waals surface area contributed by atoms with Crippen LogP contribution in [0.4, 0.5) is 0 Å². The molecule has 3 rings (SSSR count). The van der Waals surface area contributed by atoms with E-state index >= 15 is 0 Å². The van der Waals surface area contributed by atoms with Crippen LogP contribution < -0.4 is 0 Å². The van der Waals surface area contributed by atoms with Gasteiger partial charge in [-0.05, 0) is 23.8 Å². The smallest absolute Gasteiger partial charge is 0.335 e. The van der Waals surface area contributed by atoms with Crippen LogP contribution in [0.15, 0.2) is 52.9 Å². The first-order valence-corrected chi connectivity index (χ1v) is 6.01. The third-order valence-corrected chi connectivity index (χ3v) is 3.13. The van der Waals surface area contributed by atoms with Gasteiger partial charge >= 0.3 is 5.97 Å². The molecule has 3 aromatic rings. The second kappa shape index (κ2) is 4.66. The lowest BCUT2D eigenvalue weighted by Gasteiger charge is -2.02. The number of benzene rings is 2. The lowest BCUT2D eigenvalue weighted by molar-refractivity contribution is 0.0697. The van der Waals surface area contributed by atoms with E-state index < -0.39 is 5.97 Å². The molecule has 0 saturated carbocycles. The van der Waals surface area contributed by atoms with Crippen LogP contribution >= 0.6 is 0 Å². The first-order chi connectivity index (χ1) is 9.70. The van der Waals surface area contributed by atoms with E-state index in [9.17, 15) is 9.59 Å². The predicted octanol–water partition coefficient (Wildman–Crippen LogP) is 3.61. The van der Waals surface area contributed by atoms with E-state index in [2.05, 4.69) is 0 Å². The van der Waals surface area contributed by atoms with Gasteiger partial charge in [0.15, 0.2) is 12.0 Å². The minimum atomic E-state index is -1.01. The van der Waals surface area contributed by atoms with E-state index in [0.29, 0.717) is 23.0 Å². The number of rotatable bonds is 3. The Bertz CT molecular complexity index is 814. The van der Waals surface area contributed by atoms with E-state index in [4.69, 9.17) is 9.52 Å². The minimum Gasteiger partial charge on any atom is -0.478 e. The SMILES string of the molecule is O=Cc1oc2ccccc2c1-c1cccc(C(=O)O)c1. The van der Waals surface area contributed by atoms with Crippen LogP contribution in [0, 0.1) is 0 Å². The molecule has 0 bridgehead atoms. The highest BCUT2D eigenvalue weighted by Gasteiger charge is 2.16. The van der Waals surface area contributed by atoms with Gasteiger partial charge in [-0.2, -0.15) is 0 Å². The van der Waals surface area contributed by atoms with Crippen molar-refractivity contribution in [1.29, 1.82) is 0 Å². The van der Waals surface area contributed by atoms with Crippen LogP contribution in [0.25, 0.3) is 22.1 Å². The average molecular weight is 266 g/mol. The number of fused-ring (bicyclic) bond motifs is 1. The maximum Gasteiger partial charge on any atom is 0.335 e. The van der Waals surface area contributed by atoms with Crippen LogP contribution in [0.1, 0.15) is 20.9 Å². The van der Waals surface area contributed by atoms with Gasteiger partial charge in [0.1, 0.15) is 5.58 Å². The lowest BCUT2D eigenvalue weighted by atomic mass is 10.0. The fourth-order valence-electron chi connectivity index (χ4n) is 2.25. The van der Waals surface area contributed by atoms with Crippen LogP contribution in [-0.4, -0.2) is 17.4 Å². The summed E-state index contributed by atoms with van der Waals surface area (Å²) in [6, 6.07) is 13.7. The number of furan rings is 1. The Morgan fingerprint density at radius 1 is 1.10 bits per heavy atom. The highest BCUT2D eigenvalue weighted by atomic mass is 16.4. The standard InChI is InChI=1S/C16H10O4/c17-9-14-15(12-6-1-2-7-13(12)20-14)10-4-3-5-11(8-10)16(18)19/h1-9H,(H,18,19). The predicted molar refractivity (Wildman–Crippen MR) is 74.0 cm³/mol. The Balaban J connectivity index is 2.30. The Morgan fingerprint density at radius 3 is 2.65 bits per heavy atom. The lowest BCUT2D eigenvalue weighted by Crippen LogP contribution is -1.96. The summed E-state index contributed by atoms with van der Waals surface area (Å²) in [6.45, 7) is 0. The normalized spacial score (nSPS) is 10.6. The summed E-state index contributed by atoms with van der Waals surface area (Å²) >= 11 is 0. The molecule has 0 atom stereocenters. The molecule has 0 aliphatic heterocycles. The number of carbonyl (C=O) groups excluding carboxylic acids is 1. The minimum absolute atomic E-state index is 0.171. The largest absolute Gasteiger partial charge is 0.478 e. The molecule has 0 saturated heterocycles. The monoisotopic (exact) mass is 266 g/mol. The van der Waals surface area contributed by atoms with Gasteiger partial charge in [-0.25, -0.2) is 4.79 Å². The molecular formula is C16H10O4. The number of para-hydroxylation sites is 1. The third kappa shape index (κ3) is 1.87. The topological polar surface area (TPSA) is 67.5 Å². The molecule has 0 aliphatic carbocycles. The first kappa shape index (κ1) is 12.2. The van der Waals surface area contributed by atoms with Crippen molar-refractivity contribution in [3.63, 3.8) is 0 Å². The molecule has 0 unspecified atom stereocenters. The molecule has 1 aromatic heterocycles. The molecule has 0 amide bonds. The van der Waals surface area contributed by atoms with Crippen molar-refractivity contribution in [2.45, 2.75) is 0 Å². The van der Waals surface area contributed by atoms with Crippen molar-refractivity contribution in [2.75, 3.05) is 0 Å². The molecule has 1 N–H and O–H groups in total. The van der Waals surface area contributed by atoms with Gasteiger partial charge in [0.25, 0.3) is 0 Å². The number of hydrogen-bond acceptors (Lipinski definition) is 3. The van der Waals surface area contributed by atoms with Crippen LogP contribution in [0.5, 0.6) is 0 Å². The summed E-state index contributed by atoms with van der Waals surface area (Å²) in [5.41, 5.74) is 2.05. The summed E-state index contributed by atoms with van der Waals surface area (Å²) in [7, 11) is 0. The zero-order valence-electron chi connectivity index (χ0n) is 10.4. The number of carboxylic acid groups (broad SMARTS) is 1. The van der Waals surface area contributed by atoms with Crippen molar-refractivity contribution >= 4 is 23.2 Å². The molecule has 0 spiro atoms. The molecule has 1 heterocycles. The van der Waals surface area contributed by atoms with E-state index in [1.165, 1.54) is 12.1 Å². The Hall–Kier alpha value is -2.88. The highest BCUT2D eigenvalue weighted by Crippen LogP contribution is 2.34. The summed E-state index contributed by atoms with van der Waals surface area (Å²) in [5, 5.41) is 9.84. The zero-order valence-corrected chi connectivity index (χ0v) is 10.4. The summed E-state index contributed by atoms with van der Waals surface area (Å²) in [4.78, 5) is 22.2. The highest BCUT2D eigenvalue weighted by molar-refractivity contribution is 6.03. The molecule has 0 fully saturated rings. The van der Waals surface area contributed by atoms with Crippen LogP contribution in [-0.2, 0) is 0 Å². The molecule has 4 nitrogen and oxygen atoms in total. The Labute approximate surface area is 114 Å². The van der Waals surface area contributed by atoms with Crippen LogP contribution in [0.3, 0.4) is 0 Å². The van der Waals surface area contributed by atoms with Gasteiger partial charge in [0, 0.05) is 10.9 Å². The molecule has 0 aliphatic rings. The molecule has 98 valence electrons. The number of aldehydes is 1. The van der Waals surface area contributed by atoms with Gasteiger partial charge in [-0.15, -0.1) is 0 Å². The quantitative estimate of drug-likeness (QED) is 0.735. The second-order valence-corrected chi connectivity index (χ2v) is 4.34. The van der Waals surface area contributed by atoms with E-state index in [-0.39, 0.29) is 11.3 Å². The van der Waals surface area contributed by atoms with Crippen molar-refractivity contribution in [1.82, 2.24) is 0 Å². The average Bonchev–Trinajstić information content (AvgIpc) is 2.85. The van der Waals surface area contributed by atoms with Gasteiger partial charge < -0.3 is 9.52 Å². The summed E-state index contributed by atoms with van der Waals surface area (Å²) < 4.78 is 5.49. The van der Waals surface area contributed by atoms with E-state index in [0.717, 1.165) is 5.39 Å². The van der Waals surface area contributed by atoms with Crippen molar-refractivity contribution in [3.8, 4) is 11.1 Å². The maximum absolute atomic E-state index is 11.2. The van der Waals surface area contributed by atoms with Gasteiger partial charge in [0.2, 0.25) is 0 Å². The van der Waals surface area contributed by atoms with Crippen molar-refractivity contribution in [3.05, 3.63) is 59.9 Å². The number of carbonyl (C=O) groups is 2. The van der Waals surface area contributed by atoms with Crippen molar-refractivity contribution in [2.24, 2.45) is 0 Å². The summed E-state index contributed by atoms with van der Waals surface area (Å²) in [6.07, 6.45) is 0.642. The molecular weight excluding hydrogens is 256 g/mol. The Morgan fingerprint density at radius 2 is 1.90 bits per heavy atom. The zero-order chi connectivity index (χ0) is 14.1. The van der Waals surface area contributed by atoms with E-state index in [1.807, 2.05) is 18.2 Å². The van der Waals surface area contributed by atoms with Crippen LogP contribution in [0.2, 0.25) is 0 Å². The summed E-state index contributed by atoms with van der Waals surface area (Å²) in [5.74, 6) is -0.805. The fraction of sp³-hybridized carbons (Fsp3) is 0. The fourth-order valence-corrected chi connectivity index (χ4v) is 2.25. The van der Waals surface area contributed by atoms with Gasteiger partial charge in [0.05, 0.1) is 5.56 Å². The number of aromatic carboxylic acids is 1. The second-order valence-electron chi connectivity index (χ2n) is 4.34. The number of hydrogen-bond donors (Lipinski definition) is 1. The molecule has 4 heteroatoms. The molecule has 2 aromatic carbocycles. The van der Waals surface area contributed by atoms with E-state index in [1.54, 1.807) is 18.2 Å². The number of carboxylic acids is 1. The first-order valence-electron chi connectivity index (χ1n) is 6.01. The Kier molecular flexibility index (Phi) is 2.84.